The molecular formula is C11H11FO. The smallest absolute Gasteiger partial charge is 0.150 e. The summed E-state index contributed by atoms with van der Waals surface area (Å²) in [6.45, 7) is 0. The van der Waals surface area contributed by atoms with Gasteiger partial charge in [-0.15, -0.1) is 0 Å². The third kappa shape index (κ3) is 1.48. The fourth-order valence-electron chi connectivity index (χ4n) is 1.70. The number of benzene rings is 1. The third-order valence-corrected chi connectivity index (χ3v) is 2.66. The van der Waals surface area contributed by atoms with Crippen LogP contribution in [0.5, 0.6) is 0 Å². The van der Waals surface area contributed by atoms with Crippen LogP contribution in [0.15, 0.2) is 24.3 Å². The Morgan fingerprint density at radius 1 is 1.38 bits per heavy atom. The van der Waals surface area contributed by atoms with E-state index >= 15 is 0 Å². The highest BCUT2D eigenvalue weighted by Crippen LogP contribution is 2.39. The average molecular weight is 178 g/mol. The number of hydrogen-bond donors (Lipinski definition) is 0. The molecule has 2 atom stereocenters. The second-order valence-corrected chi connectivity index (χ2v) is 3.49. The summed E-state index contributed by atoms with van der Waals surface area (Å²) in [5.41, 5.74) is 1.60. The first kappa shape index (κ1) is 8.42. The second-order valence-electron chi connectivity index (χ2n) is 3.49. The molecule has 0 saturated heterocycles. The minimum atomic E-state index is -0.707. The Bertz CT molecular complexity index is 322. The Labute approximate surface area is 76.6 Å². The summed E-state index contributed by atoms with van der Waals surface area (Å²) in [4.78, 5) is 10.5. The number of alkyl halides is 1. The largest absolute Gasteiger partial charge is 0.298 e. The van der Waals surface area contributed by atoms with Crippen molar-refractivity contribution < 1.29 is 9.18 Å². The molecule has 0 bridgehead atoms. The van der Waals surface area contributed by atoms with Crippen molar-refractivity contribution in [2.45, 2.75) is 24.9 Å². The molecular weight excluding hydrogens is 167 g/mol. The number of carbonyl (C=O) groups excluding carboxylic acids is 1. The Morgan fingerprint density at radius 2 is 2.23 bits per heavy atom. The molecule has 13 heavy (non-hydrogen) atoms. The molecule has 2 unspecified atom stereocenters. The van der Waals surface area contributed by atoms with Gasteiger partial charge in [-0.25, -0.2) is 4.39 Å². The van der Waals surface area contributed by atoms with Crippen molar-refractivity contribution >= 4 is 6.29 Å². The van der Waals surface area contributed by atoms with Crippen molar-refractivity contribution in [1.29, 1.82) is 0 Å². The van der Waals surface area contributed by atoms with Crippen molar-refractivity contribution in [2.24, 2.45) is 0 Å². The summed E-state index contributed by atoms with van der Waals surface area (Å²) < 4.78 is 13.0. The van der Waals surface area contributed by atoms with Crippen molar-refractivity contribution in [3.05, 3.63) is 35.4 Å². The van der Waals surface area contributed by atoms with Crippen LogP contribution in [0, 0.1) is 0 Å². The number of rotatable bonds is 2. The van der Waals surface area contributed by atoms with Crippen LogP contribution in [0.3, 0.4) is 0 Å². The summed E-state index contributed by atoms with van der Waals surface area (Å²) in [5, 5.41) is 0. The summed E-state index contributed by atoms with van der Waals surface area (Å²) in [6.07, 6.45) is 1.66. The van der Waals surface area contributed by atoms with E-state index in [0.29, 0.717) is 12.0 Å². The van der Waals surface area contributed by atoms with E-state index in [2.05, 4.69) is 0 Å². The fraction of sp³-hybridized carbons (Fsp3) is 0.364. The number of aldehydes is 1. The lowest BCUT2D eigenvalue weighted by atomic mass is 9.78. The van der Waals surface area contributed by atoms with Gasteiger partial charge in [-0.1, -0.05) is 18.2 Å². The van der Waals surface area contributed by atoms with Crippen LogP contribution in [0.1, 0.15) is 34.7 Å². The lowest BCUT2D eigenvalue weighted by molar-refractivity contribution is 0.112. The van der Waals surface area contributed by atoms with Gasteiger partial charge in [0, 0.05) is 11.5 Å². The SMILES string of the molecule is O=Cc1cccc(C2CCC2F)c1. The van der Waals surface area contributed by atoms with Gasteiger partial charge in [-0.05, 0) is 24.5 Å². The van der Waals surface area contributed by atoms with Crippen molar-refractivity contribution in [3.8, 4) is 0 Å². The lowest BCUT2D eigenvalue weighted by Crippen LogP contribution is -2.24. The molecule has 1 aliphatic carbocycles. The van der Waals surface area contributed by atoms with Gasteiger partial charge in [0.05, 0.1) is 0 Å². The van der Waals surface area contributed by atoms with Gasteiger partial charge in [-0.3, -0.25) is 4.79 Å². The molecule has 0 radical (unpaired) electrons. The number of hydrogen-bond acceptors (Lipinski definition) is 1. The highest BCUT2D eigenvalue weighted by Gasteiger charge is 2.31. The Balaban J connectivity index is 2.24. The second kappa shape index (κ2) is 3.29. The summed E-state index contributed by atoms with van der Waals surface area (Å²) in [6, 6.07) is 7.22. The molecule has 2 heteroatoms. The molecule has 1 aliphatic rings. The molecule has 0 spiro atoms. The van der Waals surface area contributed by atoms with E-state index < -0.39 is 6.17 Å². The van der Waals surface area contributed by atoms with Crippen LogP contribution in [0.25, 0.3) is 0 Å². The van der Waals surface area contributed by atoms with E-state index in [9.17, 15) is 9.18 Å². The highest BCUT2D eigenvalue weighted by molar-refractivity contribution is 5.75. The van der Waals surface area contributed by atoms with E-state index in [4.69, 9.17) is 0 Å². The number of halogens is 1. The zero-order chi connectivity index (χ0) is 9.26. The van der Waals surface area contributed by atoms with Crippen molar-refractivity contribution in [2.75, 3.05) is 0 Å². The van der Waals surface area contributed by atoms with Gasteiger partial charge < -0.3 is 0 Å². The normalized spacial score (nSPS) is 26.5. The minimum absolute atomic E-state index is 0.0277. The standard InChI is InChI=1S/C11H11FO/c12-11-5-4-10(11)9-3-1-2-8(6-9)7-13/h1-3,6-7,10-11H,4-5H2. The Kier molecular flexibility index (Phi) is 2.13. The summed E-state index contributed by atoms with van der Waals surface area (Å²) in [5.74, 6) is 0.0277. The van der Waals surface area contributed by atoms with E-state index in [1.54, 1.807) is 12.1 Å². The maximum atomic E-state index is 13.0. The zero-order valence-corrected chi connectivity index (χ0v) is 7.24. The molecule has 2 rings (SSSR count). The monoisotopic (exact) mass is 178 g/mol. The van der Waals surface area contributed by atoms with Crippen LogP contribution < -0.4 is 0 Å². The van der Waals surface area contributed by atoms with Crippen LogP contribution in [-0.2, 0) is 0 Å². The molecule has 0 amide bonds. The zero-order valence-electron chi connectivity index (χ0n) is 7.24. The van der Waals surface area contributed by atoms with Gasteiger partial charge in [0.1, 0.15) is 12.5 Å². The minimum Gasteiger partial charge on any atom is -0.298 e. The first-order chi connectivity index (χ1) is 6.31. The van der Waals surface area contributed by atoms with Crippen LogP contribution >= 0.6 is 0 Å². The first-order valence-electron chi connectivity index (χ1n) is 4.50. The maximum Gasteiger partial charge on any atom is 0.150 e. The average Bonchev–Trinajstić information content (AvgIpc) is 2.16. The van der Waals surface area contributed by atoms with Gasteiger partial charge in [-0.2, -0.15) is 0 Å². The quantitative estimate of drug-likeness (QED) is 0.636. The molecule has 68 valence electrons. The predicted molar refractivity (Wildman–Crippen MR) is 48.7 cm³/mol. The molecule has 0 aliphatic heterocycles. The molecule has 1 aromatic carbocycles. The van der Waals surface area contributed by atoms with E-state index in [0.717, 1.165) is 18.3 Å². The van der Waals surface area contributed by atoms with Crippen molar-refractivity contribution in [1.82, 2.24) is 0 Å². The van der Waals surface area contributed by atoms with Crippen LogP contribution in [-0.4, -0.2) is 12.5 Å². The third-order valence-electron chi connectivity index (χ3n) is 2.66. The predicted octanol–water partition coefficient (Wildman–Crippen LogP) is 2.71. The summed E-state index contributed by atoms with van der Waals surface area (Å²) in [7, 11) is 0. The van der Waals surface area contributed by atoms with E-state index in [1.807, 2.05) is 12.1 Å². The Hall–Kier alpha value is -1.18. The maximum absolute atomic E-state index is 13.0. The molecule has 1 aromatic rings. The van der Waals surface area contributed by atoms with Gasteiger partial charge >= 0.3 is 0 Å². The number of carbonyl (C=O) groups is 1. The van der Waals surface area contributed by atoms with Gasteiger partial charge in [0.15, 0.2) is 0 Å². The van der Waals surface area contributed by atoms with E-state index in [-0.39, 0.29) is 5.92 Å². The van der Waals surface area contributed by atoms with Gasteiger partial charge in [0.2, 0.25) is 0 Å². The first-order valence-corrected chi connectivity index (χ1v) is 4.50. The lowest BCUT2D eigenvalue weighted by Gasteiger charge is -2.30. The molecule has 0 aromatic heterocycles. The molecule has 1 fully saturated rings. The van der Waals surface area contributed by atoms with Crippen molar-refractivity contribution in [3.63, 3.8) is 0 Å². The fourth-order valence-corrected chi connectivity index (χ4v) is 1.70. The van der Waals surface area contributed by atoms with Crippen LogP contribution in [0.4, 0.5) is 4.39 Å². The van der Waals surface area contributed by atoms with E-state index in [1.165, 1.54) is 0 Å². The topological polar surface area (TPSA) is 17.1 Å². The highest BCUT2D eigenvalue weighted by atomic mass is 19.1. The molecule has 0 N–H and O–H groups in total. The molecule has 0 heterocycles. The van der Waals surface area contributed by atoms with Gasteiger partial charge in [0.25, 0.3) is 0 Å². The molecule has 1 nitrogen and oxygen atoms in total. The van der Waals surface area contributed by atoms with Crippen LogP contribution in [0.2, 0.25) is 0 Å². The summed E-state index contributed by atoms with van der Waals surface area (Å²) >= 11 is 0. The molecule has 1 saturated carbocycles. The Morgan fingerprint density at radius 3 is 2.77 bits per heavy atom.